The zero-order valence-electron chi connectivity index (χ0n) is 30.7. The molecule has 56 heavy (non-hydrogen) atoms. The van der Waals surface area contributed by atoms with Crippen LogP contribution in [0.3, 0.4) is 0 Å². The average molecular weight is 716 g/mol. The highest BCUT2D eigenvalue weighted by Crippen LogP contribution is 2.44. The van der Waals surface area contributed by atoms with Crippen LogP contribution in [0.5, 0.6) is 0 Å². The summed E-state index contributed by atoms with van der Waals surface area (Å²) >= 11 is 0. The Kier molecular flexibility index (Phi) is 8.55. The second-order valence-electron chi connectivity index (χ2n) is 14.1. The zero-order valence-corrected chi connectivity index (χ0v) is 30.7. The van der Waals surface area contributed by atoms with Crippen molar-refractivity contribution in [3.05, 3.63) is 224 Å². The Morgan fingerprint density at radius 2 is 0.714 bits per heavy atom. The SMILES string of the molecule is c1ccc(-c2cccc(-c3ccccc3-c3ccc(N(c4ccc(-c5ccccc5-c5ccccc5)cc4)c4cccc5c4oc4ccccc45)cc3)c2)cc1. The van der Waals surface area contributed by atoms with Gasteiger partial charge in [-0.25, -0.2) is 0 Å². The molecule has 0 saturated carbocycles. The van der Waals surface area contributed by atoms with Gasteiger partial charge in [-0.15, -0.1) is 0 Å². The lowest BCUT2D eigenvalue weighted by atomic mass is 9.92. The number of hydrogen-bond acceptors (Lipinski definition) is 2. The third-order valence-electron chi connectivity index (χ3n) is 10.7. The van der Waals surface area contributed by atoms with Crippen LogP contribution in [0.4, 0.5) is 17.1 Å². The topological polar surface area (TPSA) is 16.4 Å². The molecule has 0 saturated heterocycles. The van der Waals surface area contributed by atoms with E-state index in [1.165, 1.54) is 50.1 Å². The number of hydrogen-bond donors (Lipinski definition) is 0. The van der Waals surface area contributed by atoms with E-state index in [2.05, 4.69) is 217 Å². The first-order chi connectivity index (χ1) is 27.8. The van der Waals surface area contributed by atoms with Crippen LogP contribution in [-0.4, -0.2) is 0 Å². The molecule has 0 bridgehead atoms. The maximum atomic E-state index is 6.62. The first-order valence-electron chi connectivity index (χ1n) is 19.1. The highest BCUT2D eigenvalue weighted by Gasteiger charge is 2.20. The highest BCUT2D eigenvalue weighted by atomic mass is 16.3. The minimum Gasteiger partial charge on any atom is -0.454 e. The summed E-state index contributed by atoms with van der Waals surface area (Å²) < 4.78 is 6.62. The van der Waals surface area contributed by atoms with Crippen molar-refractivity contribution in [2.45, 2.75) is 0 Å². The van der Waals surface area contributed by atoms with Crippen LogP contribution in [0, 0.1) is 0 Å². The number of rotatable bonds is 8. The van der Waals surface area contributed by atoms with E-state index in [1.807, 2.05) is 12.1 Å². The molecule has 2 heteroatoms. The molecule has 0 spiro atoms. The summed E-state index contributed by atoms with van der Waals surface area (Å²) in [6.45, 7) is 0. The number of anilines is 3. The molecule has 0 unspecified atom stereocenters. The largest absolute Gasteiger partial charge is 0.454 e. The molecule has 264 valence electrons. The Labute approximate surface area is 327 Å². The fourth-order valence-electron chi connectivity index (χ4n) is 8.00. The minimum atomic E-state index is 0.861. The Morgan fingerprint density at radius 3 is 1.32 bits per heavy atom. The lowest BCUT2D eigenvalue weighted by molar-refractivity contribution is 0.669. The smallest absolute Gasteiger partial charge is 0.159 e. The van der Waals surface area contributed by atoms with Crippen LogP contribution in [0.15, 0.2) is 229 Å². The van der Waals surface area contributed by atoms with Crippen molar-refractivity contribution in [3.8, 4) is 55.6 Å². The summed E-state index contributed by atoms with van der Waals surface area (Å²) in [5.74, 6) is 0. The van der Waals surface area contributed by atoms with Gasteiger partial charge in [0, 0.05) is 22.1 Å². The van der Waals surface area contributed by atoms with E-state index in [-0.39, 0.29) is 0 Å². The third-order valence-corrected chi connectivity index (χ3v) is 10.7. The molecule has 0 amide bonds. The van der Waals surface area contributed by atoms with Crippen molar-refractivity contribution in [3.63, 3.8) is 0 Å². The van der Waals surface area contributed by atoms with Gasteiger partial charge in [-0.05, 0) is 98.1 Å². The molecule has 2 nitrogen and oxygen atoms in total. The van der Waals surface area contributed by atoms with E-state index < -0.39 is 0 Å². The second-order valence-corrected chi connectivity index (χ2v) is 14.1. The first-order valence-corrected chi connectivity index (χ1v) is 19.1. The van der Waals surface area contributed by atoms with E-state index >= 15 is 0 Å². The fraction of sp³-hybridized carbons (Fsp3) is 0. The van der Waals surface area contributed by atoms with Gasteiger partial charge in [-0.1, -0.05) is 182 Å². The van der Waals surface area contributed by atoms with E-state index in [0.29, 0.717) is 0 Å². The van der Waals surface area contributed by atoms with Crippen molar-refractivity contribution in [1.82, 2.24) is 0 Å². The third kappa shape index (κ3) is 6.14. The standard InChI is InChI=1S/C54H37NO/c1-3-15-38(16-4-1)42-19-13-20-43(37-42)49-24-10-9-23-48(49)41-31-35-45(36-32-41)55(52-27-14-26-51-50-25-11-12-28-53(50)56-54(51)52)44-33-29-40(30-34-44)47-22-8-7-21-46(47)39-17-5-2-6-18-39/h1-37H. The summed E-state index contributed by atoms with van der Waals surface area (Å²) in [6, 6.07) is 79.9. The van der Waals surface area contributed by atoms with Gasteiger partial charge < -0.3 is 9.32 Å². The van der Waals surface area contributed by atoms with Crippen molar-refractivity contribution in [2.24, 2.45) is 0 Å². The first kappa shape index (κ1) is 33.2. The van der Waals surface area contributed by atoms with Gasteiger partial charge in [0.25, 0.3) is 0 Å². The normalized spacial score (nSPS) is 11.2. The van der Waals surface area contributed by atoms with Gasteiger partial charge in [0.15, 0.2) is 5.58 Å². The predicted molar refractivity (Wildman–Crippen MR) is 236 cm³/mol. The van der Waals surface area contributed by atoms with Crippen molar-refractivity contribution in [2.75, 3.05) is 4.90 Å². The Morgan fingerprint density at radius 1 is 0.286 bits per heavy atom. The molecular formula is C54H37NO. The van der Waals surface area contributed by atoms with E-state index in [4.69, 9.17) is 4.42 Å². The van der Waals surface area contributed by atoms with Gasteiger partial charge in [0.05, 0.1) is 5.69 Å². The van der Waals surface area contributed by atoms with Crippen LogP contribution >= 0.6 is 0 Å². The van der Waals surface area contributed by atoms with Crippen LogP contribution < -0.4 is 4.90 Å². The molecule has 10 rings (SSSR count). The van der Waals surface area contributed by atoms with Gasteiger partial charge in [0.1, 0.15) is 5.58 Å². The Hall–Kier alpha value is -7.42. The van der Waals surface area contributed by atoms with Gasteiger partial charge in [-0.2, -0.15) is 0 Å². The molecule has 1 aromatic heterocycles. The van der Waals surface area contributed by atoms with E-state index in [9.17, 15) is 0 Å². The maximum Gasteiger partial charge on any atom is 0.159 e. The summed E-state index contributed by atoms with van der Waals surface area (Å²) in [4.78, 5) is 2.32. The molecule has 0 radical (unpaired) electrons. The predicted octanol–water partition coefficient (Wildman–Crippen LogP) is 15.4. The molecule has 0 fully saturated rings. The molecule has 0 N–H and O–H groups in total. The van der Waals surface area contributed by atoms with Crippen LogP contribution in [0.2, 0.25) is 0 Å². The number of para-hydroxylation sites is 2. The summed E-state index contributed by atoms with van der Waals surface area (Å²) in [6.07, 6.45) is 0. The summed E-state index contributed by atoms with van der Waals surface area (Å²) in [5, 5.41) is 2.21. The fourth-order valence-corrected chi connectivity index (χ4v) is 8.00. The van der Waals surface area contributed by atoms with Crippen LogP contribution in [-0.2, 0) is 0 Å². The van der Waals surface area contributed by atoms with Gasteiger partial charge >= 0.3 is 0 Å². The number of fused-ring (bicyclic) bond motifs is 3. The lowest BCUT2D eigenvalue weighted by Gasteiger charge is -2.26. The highest BCUT2D eigenvalue weighted by molar-refractivity contribution is 6.10. The molecule has 0 aliphatic rings. The molecule has 0 aliphatic heterocycles. The van der Waals surface area contributed by atoms with E-state index in [1.54, 1.807) is 0 Å². The molecule has 1 heterocycles. The monoisotopic (exact) mass is 715 g/mol. The Balaban J connectivity index is 1.07. The molecule has 0 atom stereocenters. The van der Waals surface area contributed by atoms with Crippen molar-refractivity contribution >= 4 is 39.0 Å². The lowest BCUT2D eigenvalue weighted by Crippen LogP contribution is -2.10. The quantitative estimate of drug-likeness (QED) is 0.156. The molecule has 0 aliphatic carbocycles. The second kappa shape index (κ2) is 14.4. The minimum absolute atomic E-state index is 0.861. The number of furan rings is 1. The van der Waals surface area contributed by atoms with Crippen molar-refractivity contribution < 1.29 is 4.42 Å². The van der Waals surface area contributed by atoms with Crippen molar-refractivity contribution in [1.29, 1.82) is 0 Å². The van der Waals surface area contributed by atoms with Gasteiger partial charge in [0.2, 0.25) is 0 Å². The zero-order chi connectivity index (χ0) is 37.3. The maximum absolute atomic E-state index is 6.62. The van der Waals surface area contributed by atoms with Gasteiger partial charge in [-0.3, -0.25) is 0 Å². The summed E-state index contributed by atoms with van der Waals surface area (Å²) in [7, 11) is 0. The number of nitrogens with zero attached hydrogens (tertiary/aromatic N) is 1. The van der Waals surface area contributed by atoms with Crippen LogP contribution in [0.1, 0.15) is 0 Å². The molecule has 9 aromatic carbocycles. The van der Waals surface area contributed by atoms with Crippen LogP contribution in [0.25, 0.3) is 77.6 Å². The summed E-state index contributed by atoms with van der Waals surface area (Å²) in [5.41, 5.74) is 16.8. The molecular weight excluding hydrogens is 679 g/mol. The molecule has 10 aromatic rings. The average Bonchev–Trinajstić information content (AvgIpc) is 3.67. The number of benzene rings is 9. The Bertz CT molecular complexity index is 2940. The van der Waals surface area contributed by atoms with E-state index in [0.717, 1.165) is 44.6 Å².